The lowest BCUT2D eigenvalue weighted by Gasteiger charge is -2.27. The SMILES string of the molecule is CCN(CC)C(c1ccc(C)o1)c1sc2nc(C)nn2c1O. The summed E-state index contributed by atoms with van der Waals surface area (Å²) >= 11 is 1.45. The Morgan fingerprint density at radius 2 is 2.05 bits per heavy atom. The summed E-state index contributed by atoms with van der Waals surface area (Å²) in [6.45, 7) is 9.65. The molecule has 0 aliphatic rings. The second-order valence-corrected chi connectivity index (χ2v) is 6.22. The van der Waals surface area contributed by atoms with E-state index in [2.05, 4.69) is 28.8 Å². The molecular weight excluding hydrogens is 300 g/mol. The quantitative estimate of drug-likeness (QED) is 0.782. The van der Waals surface area contributed by atoms with E-state index in [0.717, 1.165) is 29.5 Å². The number of aromatic hydroxyl groups is 1. The maximum Gasteiger partial charge on any atom is 0.230 e. The minimum atomic E-state index is -0.127. The van der Waals surface area contributed by atoms with Crippen molar-refractivity contribution in [1.82, 2.24) is 19.5 Å². The van der Waals surface area contributed by atoms with Crippen molar-refractivity contribution in [3.8, 4) is 5.88 Å². The summed E-state index contributed by atoms with van der Waals surface area (Å²) in [5.41, 5.74) is 0. The smallest absolute Gasteiger partial charge is 0.230 e. The van der Waals surface area contributed by atoms with Crippen molar-refractivity contribution < 1.29 is 9.52 Å². The van der Waals surface area contributed by atoms with Crippen LogP contribution >= 0.6 is 11.3 Å². The van der Waals surface area contributed by atoms with Crippen LogP contribution in [0.1, 0.15) is 42.1 Å². The van der Waals surface area contributed by atoms with Gasteiger partial charge in [0.1, 0.15) is 23.4 Å². The van der Waals surface area contributed by atoms with Crippen LogP contribution < -0.4 is 0 Å². The monoisotopic (exact) mass is 320 g/mol. The third-order valence-electron chi connectivity index (χ3n) is 3.76. The fourth-order valence-corrected chi connectivity index (χ4v) is 3.83. The molecule has 1 atom stereocenters. The average molecular weight is 320 g/mol. The molecule has 0 bridgehead atoms. The summed E-state index contributed by atoms with van der Waals surface area (Å²) in [4.78, 5) is 8.11. The summed E-state index contributed by atoms with van der Waals surface area (Å²) in [7, 11) is 0. The second-order valence-electron chi connectivity index (χ2n) is 5.22. The van der Waals surface area contributed by atoms with Crippen molar-refractivity contribution >= 4 is 16.3 Å². The Morgan fingerprint density at radius 3 is 2.59 bits per heavy atom. The molecule has 7 heteroatoms. The lowest BCUT2D eigenvalue weighted by atomic mass is 10.1. The zero-order valence-electron chi connectivity index (χ0n) is 13.2. The molecule has 0 fully saturated rings. The molecule has 1 unspecified atom stereocenters. The van der Waals surface area contributed by atoms with E-state index in [0.29, 0.717) is 10.8 Å². The fourth-order valence-electron chi connectivity index (χ4n) is 2.69. The second kappa shape index (κ2) is 5.73. The van der Waals surface area contributed by atoms with E-state index in [4.69, 9.17) is 4.42 Å². The topological polar surface area (TPSA) is 66.8 Å². The number of furan rings is 1. The van der Waals surface area contributed by atoms with Crippen LogP contribution in [0.3, 0.4) is 0 Å². The van der Waals surface area contributed by atoms with Crippen LogP contribution in [0.15, 0.2) is 16.5 Å². The molecule has 3 rings (SSSR count). The highest BCUT2D eigenvalue weighted by Gasteiger charge is 2.30. The highest BCUT2D eigenvalue weighted by molar-refractivity contribution is 7.17. The summed E-state index contributed by atoms with van der Waals surface area (Å²) in [5, 5.41) is 14.8. The van der Waals surface area contributed by atoms with E-state index >= 15 is 0 Å². The van der Waals surface area contributed by atoms with Gasteiger partial charge in [-0.05, 0) is 39.1 Å². The number of hydrogen-bond donors (Lipinski definition) is 1. The lowest BCUT2D eigenvalue weighted by molar-refractivity contribution is 0.220. The number of nitrogens with zero attached hydrogens (tertiary/aromatic N) is 4. The fraction of sp³-hybridized carbons (Fsp3) is 0.467. The van der Waals surface area contributed by atoms with Gasteiger partial charge < -0.3 is 9.52 Å². The van der Waals surface area contributed by atoms with Crippen LogP contribution in [0.5, 0.6) is 5.88 Å². The van der Waals surface area contributed by atoms with Crippen molar-refractivity contribution in [2.24, 2.45) is 0 Å². The highest BCUT2D eigenvalue weighted by Crippen LogP contribution is 2.40. The van der Waals surface area contributed by atoms with Gasteiger partial charge in [-0.2, -0.15) is 4.52 Å². The van der Waals surface area contributed by atoms with Crippen molar-refractivity contribution in [3.63, 3.8) is 0 Å². The van der Waals surface area contributed by atoms with Gasteiger partial charge in [-0.25, -0.2) is 4.98 Å². The zero-order valence-corrected chi connectivity index (χ0v) is 14.0. The molecule has 3 heterocycles. The molecule has 0 aliphatic carbocycles. The standard InChI is InChI=1S/C15H20N4O2S/c1-5-18(6-2)12(11-8-7-9(3)21-11)13-14(20)19-15(22-13)16-10(4)17-19/h7-8,12,20H,5-6H2,1-4H3. The molecule has 0 radical (unpaired) electrons. The normalized spacial score (nSPS) is 13.3. The van der Waals surface area contributed by atoms with Crippen LogP contribution in [0.4, 0.5) is 0 Å². The summed E-state index contributed by atoms with van der Waals surface area (Å²) in [6, 6.07) is 3.79. The molecule has 22 heavy (non-hydrogen) atoms. The molecular formula is C15H20N4O2S. The number of hydrogen-bond acceptors (Lipinski definition) is 6. The Bertz CT molecular complexity index is 785. The van der Waals surface area contributed by atoms with E-state index in [1.165, 1.54) is 15.9 Å². The van der Waals surface area contributed by atoms with E-state index in [1.54, 1.807) is 0 Å². The first kappa shape index (κ1) is 15.1. The number of aryl methyl sites for hydroxylation is 2. The predicted molar refractivity (Wildman–Crippen MR) is 85.5 cm³/mol. The molecule has 3 aromatic heterocycles. The third kappa shape index (κ3) is 2.40. The van der Waals surface area contributed by atoms with Gasteiger partial charge in [-0.3, -0.25) is 4.90 Å². The Balaban J connectivity index is 2.14. The minimum absolute atomic E-state index is 0.127. The van der Waals surface area contributed by atoms with Crippen molar-refractivity contribution in [2.75, 3.05) is 13.1 Å². The van der Waals surface area contributed by atoms with Gasteiger partial charge in [0, 0.05) is 0 Å². The summed E-state index contributed by atoms with van der Waals surface area (Å²) in [5.74, 6) is 2.49. The van der Waals surface area contributed by atoms with Crippen molar-refractivity contribution in [3.05, 3.63) is 34.4 Å². The minimum Gasteiger partial charge on any atom is -0.492 e. The van der Waals surface area contributed by atoms with E-state index in [-0.39, 0.29) is 11.9 Å². The Kier molecular flexibility index (Phi) is 3.92. The number of fused-ring (bicyclic) bond motifs is 1. The molecule has 0 spiro atoms. The van der Waals surface area contributed by atoms with Crippen LogP contribution in [-0.2, 0) is 0 Å². The van der Waals surface area contributed by atoms with Gasteiger partial charge in [-0.15, -0.1) is 5.10 Å². The Hall–Kier alpha value is -1.86. The van der Waals surface area contributed by atoms with Crippen molar-refractivity contribution in [1.29, 1.82) is 0 Å². The number of rotatable bonds is 5. The molecule has 0 aromatic carbocycles. The molecule has 3 aromatic rings. The Labute approximate surface area is 133 Å². The Morgan fingerprint density at radius 1 is 1.32 bits per heavy atom. The van der Waals surface area contributed by atoms with Gasteiger partial charge in [0.25, 0.3) is 0 Å². The first-order chi connectivity index (χ1) is 10.5. The van der Waals surface area contributed by atoms with Gasteiger partial charge in [-0.1, -0.05) is 25.2 Å². The predicted octanol–water partition coefficient (Wildman–Crippen LogP) is 3.14. The van der Waals surface area contributed by atoms with Crippen molar-refractivity contribution in [2.45, 2.75) is 33.7 Å². The van der Waals surface area contributed by atoms with Crippen LogP contribution in [-0.4, -0.2) is 37.7 Å². The number of thiazole rings is 1. The maximum absolute atomic E-state index is 10.6. The lowest BCUT2D eigenvalue weighted by Crippen LogP contribution is -2.28. The van der Waals surface area contributed by atoms with E-state index < -0.39 is 0 Å². The highest BCUT2D eigenvalue weighted by atomic mass is 32.1. The maximum atomic E-state index is 10.6. The van der Waals surface area contributed by atoms with Gasteiger partial charge >= 0.3 is 0 Å². The van der Waals surface area contributed by atoms with Gasteiger partial charge in [0.15, 0.2) is 0 Å². The molecule has 0 saturated heterocycles. The summed E-state index contributed by atoms with van der Waals surface area (Å²) < 4.78 is 7.34. The molecule has 0 aliphatic heterocycles. The third-order valence-corrected chi connectivity index (χ3v) is 4.83. The first-order valence-electron chi connectivity index (χ1n) is 7.40. The van der Waals surface area contributed by atoms with Gasteiger partial charge in [0.05, 0.1) is 4.88 Å². The van der Waals surface area contributed by atoms with E-state index in [9.17, 15) is 5.11 Å². The van der Waals surface area contributed by atoms with Crippen LogP contribution in [0, 0.1) is 13.8 Å². The van der Waals surface area contributed by atoms with Gasteiger partial charge in [0.2, 0.25) is 10.8 Å². The zero-order chi connectivity index (χ0) is 15.9. The van der Waals surface area contributed by atoms with E-state index in [1.807, 2.05) is 26.0 Å². The molecule has 1 N–H and O–H groups in total. The molecule has 0 amide bonds. The van der Waals surface area contributed by atoms with Crippen LogP contribution in [0.2, 0.25) is 0 Å². The molecule has 6 nitrogen and oxygen atoms in total. The number of aromatic nitrogens is 3. The largest absolute Gasteiger partial charge is 0.492 e. The molecule has 118 valence electrons. The van der Waals surface area contributed by atoms with Crippen LogP contribution in [0.25, 0.3) is 4.96 Å². The molecule has 0 saturated carbocycles. The first-order valence-corrected chi connectivity index (χ1v) is 8.22. The average Bonchev–Trinajstić information content (AvgIpc) is 3.14. The summed E-state index contributed by atoms with van der Waals surface area (Å²) in [6.07, 6.45) is 0.